The molecular weight excluding hydrogens is 674 g/mol. The molecule has 3 aromatic carbocycles. The molecule has 0 radical (unpaired) electrons. The zero-order chi connectivity index (χ0) is 32.2. The van der Waals surface area contributed by atoms with E-state index in [1.165, 1.54) is 23.8 Å². The molecule has 2 aliphatic heterocycles. The molecule has 6 rings (SSSR count). The van der Waals surface area contributed by atoms with Gasteiger partial charge in [0.05, 0.1) is 39.3 Å². The number of imide groups is 1. The lowest BCUT2D eigenvalue weighted by Crippen LogP contribution is -2.33. The van der Waals surface area contributed by atoms with Gasteiger partial charge in [0.25, 0.3) is 0 Å². The van der Waals surface area contributed by atoms with Crippen molar-refractivity contribution in [1.82, 2.24) is 4.57 Å². The number of thioether (sulfide) groups is 1. The van der Waals surface area contributed by atoms with Crippen LogP contribution in [-0.4, -0.2) is 34.6 Å². The first-order valence-corrected chi connectivity index (χ1v) is 15.7. The fourth-order valence-corrected chi connectivity index (χ4v) is 8.63. The van der Waals surface area contributed by atoms with Gasteiger partial charge < -0.3 is 10.1 Å². The van der Waals surface area contributed by atoms with Crippen molar-refractivity contribution in [1.29, 1.82) is 0 Å². The third-order valence-corrected chi connectivity index (χ3v) is 10.9. The number of hydrogen-bond acceptors (Lipinski definition) is 7. The second-order valence-electron chi connectivity index (χ2n) is 10.1. The topological polar surface area (TPSA) is 97.7 Å². The van der Waals surface area contributed by atoms with Crippen molar-refractivity contribution in [2.45, 2.75) is 28.9 Å². The summed E-state index contributed by atoms with van der Waals surface area (Å²) in [5.74, 6) is -3.51. The third kappa shape index (κ3) is 5.62. The molecular formula is C30H20Cl2F3N3O5S2. The van der Waals surface area contributed by atoms with Crippen LogP contribution in [0.3, 0.4) is 0 Å². The maximum atomic E-state index is 14.0. The van der Waals surface area contributed by atoms with E-state index in [1.54, 1.807) is 36.4 Å². The molecule has 0 saturated carbocycles. The first-order valence-electron chi connectivity index (χ1n) is 13.2. The Balaban J connectivity index is 1.42. The van der Waals surface area contributed by atoms with Gasteiger partial charge in [0.1, 0.15) is 17.5 Å². The van der Waals surface area contributed by atoms with Gasteiger partial charge in [-0.05, 0) is 54.1 Å². The van der Waals surface area contributed by atoms with Gasteiger partial charge in [-0.2, -0.15) is 13.2 Å². The van der Waals surface area contributed by atoms with Crippen molar-refractivity contribution in [3.05, 3.63) is 102 Å². The molecule has 8 nitrogen and oxygen atoms in total. The lowest BCUT2D eigenvalue weighted by Gasteiger charge is -2.31. The monoisotopic (exact) mass is 693 g/mol. The second-order valence-corrected chi connectivity index (χ2v) is 13.1. The Kier molecular flexibility index (Phi) is 8.23. The minimum absolute atomic E-state index is 0.100. The van der Waals surface area contributed by atoms with E-state index in [4.69, 9.17) is 27.9 Å². The van der Waals surface area contributed by atoms with E-state index >= 15 is 0 Å². The van der Waals surface area contributed by atoms with Gasteiger partial charge >= 0.3 is 11.0 Å². The number of amides is 3. The number of alkyl halides is 3. The smallest absolute Gasteiger partial charge is 0.416 e. The Bertz CT molecular complexity index is 1910. The van der Waals surface area contributed by atoms with Crippen LogP contribution in [0.2, 0.25) is 10.0 Å². The molecule has 3 atom stereocenters. The molecule has 0 aliphatic carbocycles. The van der Waals surface area contributed by atoms with Crippen LogP contribution in [-0.2, 0) is 27.1 Å². The predicted molar refractivity (Wildman–Crippen MR) is 166 cm³/mol. The summed E-state index contributed by atoms with van der Waals surface area (Å²) >= 11 is 14.7. The molecule has 1 aromatic heterocycles. The maximum Gasteiger partial charge on any atom is 0.416 e. The molecule has 232 valence electrons. The first kappa shape index (κ1) is 31.2. The molecule has 2 aliphatic rings. The number of halogens is 5. The predicted octanol–water partition coefficient (Wildman–Crippen LogP) is 6.68. The number of aromatic nitrogens is 1. The van der Waals surface area contributed by atoms with Crippen molar-refractivity contribution < 1.29 is 32.3 Å². The number of carbonyl (C=O) groups excluding carboxylic acids is 3. The van der Waals surface area contributed by atoms with E-state index in [2.05, 4.69) is 5.32 Å². The Hall–Kier alpha value is -3.78. The highest BCUT2D eigenvalue weighted by Gasteiger charge is 2.57. The molecule has 1 fully saturated rings. The van der Waals surface area contributed by atoms with Crippen molar-refractivity contribution in [3.63, 3.8) is 0 Å². The molecule has 3 unspecified atom stereocenters. The molecule has 3 heterocycles. The van der Waals surface area contributed by atoms with Gasteiger partial charge in [0, 0.05) is 16.5 Å². The average Bonchev–Trinajstić information content (AvgIpc) is 3.45. The summed E-state index contributed by atoms with van der Waals surface area (Å²) in [6.45, 7) is -0.406. The number of rotatable bonds is 6. The molecule has 15 heteroatoms. The highest BCUT2D eigenvalue weighted by Crippen LogP contribution is 2.55. The van der Waals surface area contributed by atoms with Gasteiger partial charge in [0.2, 0.25) is 17.7 Å². The van der Waals surface area contributed by atoms with E-state index in [0.29, 0.717) is 21.9 Å². The van der Waals surface area contributed by atoms with Crippen molar-refractivity contribution in [3.8, 4) is 5.75 Å². The number of anilines is 2. The molecule has 3 amide bonds. The molecule has 1 saturated heterocycles. The van der Waals surface area contributed by atoms with Crippen LogP contribution in [0.4, 0.5) is 24.5 Å². The van der Waals surface area contributed by atoms with Crippen LogP contribution < -0.4 is 19.8 Å². The summed E-state index contributed by atoms with van der Waals surface area (Å²) < 4.78 is 46.9. The fraction of sp³-hybridized carbons (Fsp3) is 0.200. The number of carbonyl (C=O) groups is 3. The Labute approximate surface area is 271 Å². The van der Waals surface area contributed by atoms with E-state index in [1.807, 2.05) is 0 Å². The highest BCUT2D eigenvalue weighted by atomic mass is 35.5. The molecule has 4 aromatic rings. The summed E-state index contributed by atoms with van der Waals surface area (Å²) in [6, 6.07) is 15.3. The minimum atomic E-state index is -4.70. The SMILES string of the molecule is COc1ccc(NC(=O)Cn2c3c(sc2=O)C(c2cccc(Cl)c2Cl)C2C(=O)N(c4cccc(C(F)(F)F)c4)C(=O)C2S3)cc1. The van der Waals surface area contributed by atoms with E-state index in [0.717, 1.165) is 46.2 Å². The zero-order valence-corrected chi connectivity index (χ0v) is 26.1. The quantitative estimate of drug-likeness (QED) is 0.227. The van der Waals surface area contributed by atoms with Crippen LogP contribution in [0, 0.1) is 5.92 Å². The van der Waals surface area contributed by atoms with Crippen molar-refractivity contribution in [2.24, 2.45) is 5.92 Å². The third-order valence-electron chi connectivity index (χ3n) is 7.47. The van der Waals surface area contributed by atoms with Gasteiger partial charge in [-0.1, -0.05) is 64.5 Å². The van der Waals surface area contributed by atoms with Gasteiger partial charge in [-0.25, -0.2) is 4.90 Å². The van der Waals surface area contributed by atoms with E-state index in [9.17, 15) is 32.3 Å². The molecule has 0 spiro atoms. The molecule has 0 bridgehead atoms. The van der Waals surface area contributed by atoms with Crippen LogP contribution in [0.5, 0.6) is 5.75 Å². The van der Waals surface area contributed by atoms with Crippen LogP contribution in [0.15, 0.2) is 76.6 Å². The largest absolute Gasteiger partial charge is 0.497 e. The summed E-state index contributed by atoms with van der Waals surface area (Å²) in [5.41, 5.74) is -0.426. The Morgan fingerprint density at radius 2 is 1.71 bits per heavy atom. The normalized spacial score (nSPS) is 19.3. The Morgan fingerprint density at radius 1 is 1.00 bits per heavy atom. The lowest BCUT2D eigenvalue weighted by molar-refractivity contribution is -0.137. The van der Waals surface area contributed by atoms with E-state index in [-0.39, 0.29) is 20.8 Å². The molecule has 1 N–H and O–H groups in total. The minimum Gasteiger partial charge on any atom is -0.497 e. The number of benzene rings is 3. The zero-order valence-electron chi connectivity index (χ0n) is 22.9. The van der Waals surface area contributed by atoms with Gasteiger partial charge in [0.15, 0.2) is 0 Å². The summed E-state index contributed by atoms with van der Waals surface area (Å²) in [6.07, 6.45) is -4.70. The van der Waals surface area contributed by atoms with Crippen LogP contribution in [0.1, 0.15) is 21.9 Å². The lowest BCUT2D eigenvalue weighted by atomic mass is 9.83. The van der Waals surface area contributed by atoms with Crippen LogP contribution in [0.25, 0.3) is 0 Å². The van der Waals surface area contributed by atoms with Gasteiger partial charge in [-0.15, -0.1) is 0 Å². The van der Waals surface area contributed by atoms with Crippen molar-refractivity contribution >= 4 is 75.4 Å². The first-order chi connectivity index (χ1) is 21.4. The second kappa shape index (κ2) is 11.9. The number of fused-ring (bicyclic) bond motifs is 2. The summed E-state index contributed by atoms with van der Waals surface area (Å²) in [5, 5.41) is 2.13. The number of ether oxygens (including phenoxy) is 1. The summed E-state index contributed by atoms with van der Waals surface area (Å²) in [7, 11) is 1.51. The Morgan fingerprint density at radius 3 is 2.40 bits per heavy atom. The fourth-order valence-electron chi connectivity index (χ4n) is 5.45. The van der Waals surface area contributed by atoms with E-state index < -0.39 is 58.0 Å². The van der Waals surface area contributed by atoms with Crippen molar-refractivity contribution in [2.75, 3.05) is 17.3 Å². The number of nitrogens with one attached hydrogen (secondary N) is 1. The number of nitrogens with zero attached hydrogens (tertiary/aromatic N) is 2. The average molecular weight is 695 g/mol. The standard InChI is InChI=1S/C30H20Cl2F3N3O5S2/c1-43-17-10-8-15(9-11-17)36-20(39)13-37-28-25(45-29(37)42)21(18-6-3-7-19(31)23(18)32)22-24(44-28)27(41)38(26(22)40)16-5-2-4-14(12-16)30(33,34)35/h2-12,21-22,24H,13H2,1H3,(H,36,39). The number of hydrogen-bond donors (Lipinski definition) is 1. The molecule has 45 heavy (non-hydrogen) atoms. The van der Waals surface area contributed by atoms with Crippen LogP contribution >= 0.6 is 46.3 Å². The van der Waals surface area contributed by atoms with Gasteiger partial charge in [-0.3, -0.25) is 23.7 Å². The maximum absolute atomic E-state index is 14.0. The highest BCUT2D eigenvalue weighted by molar-refractivity contribution is 8.00. The summed E-state index contributed by atoms with van der Waals surface area (Å²) in [4.78, 5) is 54.9. The number of methoxy groups -OCH3 is 1. The number of thiazole rings is 1.